The van der Waals surface area contributed by atoms with Crippen LogP contribution in [0.1, 0.15) is 38.3 Å². The number of aryl methyl sites for hydroxylation is 2. The molecule has 0 fully saturated rings. The van der Waals surface area contributed by atoms with Crippen LogP contribution in [0.15, 0.2) is 21.5 Å². The topological polar surface area (TPSA) is 90.0 Å². The number of nitrogens with one attached hydrogen (secondary N) is 1. The largest absolute Gasteiger partial charge is 0.356 e. The Morgan fingerprint density at radius 2 is 2.13 bits per heavy atom. The quantitative estimate of drug-likeness (QED) is 0.839. The minimum absolute atomic E-state index is 0.0621. The maximum atomic E-state index is 12.5. The Hall–Kier alpha value is -2.44. The Labute approximate surface area is 134 Å². The van der Waals surface area contributed by atoms with Crippen molar-refractivity contribution in [3.63, 3.8) is 0 Å². The van der Waals surface area contributed by atoms with Crippen molar-refractivity contribution in [3.05, 3.63) is 34.1 Å². The van der Waals surface area contributed by atoms with Crippen LogP contribution in [0.4, 0.5) is 0 Å². The number of nitrogens with zero attached hydrogens (tertiary/aromatic N) is 3. The van der Waals surface area contributed by atoms with Crippen molar-refractivity contribution in [2.45, 2.75) is 46.6 Å². The van der Waals surface area contributed by atoms with Gasteiger partial charge in [-0.15, -0.1) is 0 Å². The second-order valence-corrected chi connectivity index (χ2v) is 5.31. The van der Waals surface area contributed by atoms with E-state index >= 15 is 0 Å². The monoisotopic (exact) mass is 318 g/mol. The molecule has 0 spiro atoms. The molecule has 2 heterocycles. The minimum atomic E-state index is -0.122. The molecule has 0 radical (unpaired) electrons. The van der Waals surface area contributed by atoms with Crippen LogP contribution in [0.3, 0.4) is 0 Å². The van der Waals surface area contributed by atoms with E-state index < -0.39 is 0 Å². The van der Waals surface area contributed by atoms with Gasteiger partial charge < -0.3 is 14.4 Å². The van der Waals surface area contributed by atoms with Crippen molar-refractivity contribution in [2.24, 2.45) is 0 Å². The van der Waals surface area contributed by atoms with Gasteiger partial charge in [-0.3, -0.25) is 9.59 Å². The van der Waals surface area contributed by atoms with Crippen LogP contribution in [0.25, 0.3) is 11.4 Å². The Balaban J connectivity index is 2.19. The van der Waals surface area contributed by atoms with Crippen molar-refractivity contribution in [1.82, 2.24) is 20.0 Å². The third-order valence-electron chi connectivity index (χ3n) is 3.49. The zero-order valence-electron chi connectivity index (χ0n) is 13.8. The fourth-order valence-electron chi connectivity index (χ4n) is 2.31. The van der Waals surface area contributed by atoms with Gasteiger partial charge in [-0.05, 0) is 32.4 Å². The number of aromatic nitrogens is 3. The molecule has 1 amide bonds. The molecule has 0 aliphatic carbocycles. The van der Waals surface area contributed by atoms with Crippen LogP contribution >= 0.6 is 0 Å². The summed E-state index contributed by atoms with van der Waals surface area (Å²) >= 11 is 0. The van der Waals surface area contributed by atoms with E-state index in [2.05, 4.69) is 15.5 Å². The lowest BCUT2D eigenvalue weighted by Crippen LogP contribution is -2.23. The van der Waals surface area contributed by atoms with E-state index in [-0.39, 0.29) is 23.7 Å². The van der Waals surface area contributed by atoms with E-state index in [0.717, 1.165) is 12.1 Å². The van der Waals surface area contributed by atoms with Crippen molar-refractivity contribution < 1.29 is 9.32 Å². The third-order valence-corrected chi connectivity index (χ3v) is 3.49. The first-order valence-electron chi connectivity index (χ1n) is 7.86. The van der Waals surface area contributed by atoms with E-state index in [4.69, 9.17) is 4.52 Å². The summed E-state index contributed by atoms with van der Waals surface area (Å²) in [6.07, 6.45) is 1.51. The first kappa shape index (κ1) is 16.9. The van der Waals surface area contributed by atoms with Crippen molar-refractivity contribution in [1.29, 1.82) is 0 Å². The summed E-state index contributed by atoms with van der Waals surface area (Å²) in [5.41, 5.74) is 1.19. The van der Waals surface area contributed by atoms with E-state index in [0.29, 0.717) is 31.0 Å². The fourth-order valence-corrected chi connectivity index (χ4v) is 2.31. The molecular formula is C16H22N4O3. The highest BCUT2D eigenvalue weighted by atomic mass is 16.5. The smallest absolute Gasteiger partial charge is 0.261 e. The van der Waals surface area contributed by atoms with Crippen LogP contribution in [-0.2, 0) is 17.8 Å². The number of hydrogen-bond donors (Lipinski definition) is 1. The fraction of sp³-hybridized carbons (Fsp3) is 0.500. The van der Waals surface area contributed by atoms with Gasteiger partial charge >= 0.3 is 0 Å². The zero-order valence-corrected chi connectivity index (χ0v) is 13.8. The normalized spacial score (nSPS) is 10.7. The number of pyridine rings is 1. The molecule has 0 saturated heterocycles. The molecule has 124 valence electrons. The molecule has 0 aliphatic heterocycles. The summed E-state index contributed by atoms with van der Waals surface area (Å²) in [5, 5.41) is 6.58. The Bertz CT molecular complexity index is 733. The molecule has 23 heavy (non-hydrogen) atoms. The van der Waals surface area contributed by atoms with Crippen molar-refractivity contribution in [3.8, 4) is 11.4 Å². The summed E-state index contributed by atoms with van der Waals surface area (Å²) in [7, 11) is 0. The van der Waals surface area contributed by atoms with Gasteiger partial charge in [0.25, 0.3) is 5.56 Å². The summed E-state index contributed by atoms with van der Waals surface area (Å²) in [6, 6.07) is 3.58. The van der Waals surface area contributed by atoms with Crippen LogP contribution in [0, 0.1) is 6.92 Å². The molecular weight excluding hydrogens is 296 g/mol. The third kappa shape index (κ3) is 4.06. The molecule has 0 unspecified atom stereocenters. The van der Waals surface area contributed by atoms with Gasteiger partial charge in [-0.1, -0.05) is 12.1 Å². The summed E-state index contributed by atoms with van der Waals surface area (Å²) in [5.74, 6) is 0.562. The second-order valence-electron chi connectivity index (χ2n) is 5.31. The van der Waals surface area contributed by atoms with Gasteiger partial charge in [0, 0.05) is 31.6 Å². The van der Waals surface area contributed by atoms with Crippen molar-refractivity contribution in [2.75, 3.05) is 6.54 Å². The van der Waals surface area contributed by atoms with Crippen LogP contribution in [-0.4, -0.2) is 27.2 Å². The van der Waals surface area contributed by atoms with E-state index in [1.165, 1.54) is 0 Å². The lowest BCUT2D eigenvalue weighted by molar-refractivity contribution is -0.121. The molecule has 0 aliphatic rings. The van der Waals surface area contributed by atoms with Crippen LogP contribution < -0.4 is 10.9 Å². The summed E-state index contributed by atoms with van der Waals surface area (Å²) in [4.78, 5) is 28.2. The Kier molecular flexibility index (Phi) is 5.67. The predicted octanol–water partition coefficient (Wildman–Crippen LogP) is 1.69. The van der Waals surface area contributed by atoms with Gasteiger partial charge in [0.1, 0.15) is 0 Å². The van der Waals surface area contributed by atoms with Gasteiger partial charge in [0.2, 0.25) is 17.6 Å². The minimum Gasteiger partial charge on any atom is -0.356 e. The first-order chi connectivity index (χ1) is 11.1. The van der Waals surface area contributed by atoms with Crippen LogP contribution in [0.2, 0.25) is 0 Å². The maximum Gasteiger partial charge on any atom is 0.261 e. The Morgan fingerprint density at radius 3 is 2.83 bits per heavy atom. The number of hydrogen-bond acceptors (Lipinski definition) is 5. The SMILES string of the molecule is CCCn1c(C)ccc(-c2noc(CCC(=O)NCC)n2)c1=O. The highest BCUT2D eigenvalue weighted by molar-refractivity contribution is 5.75. The lowest BCUT2D eigenvalue weighted by atomic mass is 10.2. The van der Waals surface area contributed by atoms with Crippen LogP contribution in [0.5, 0.6) is 0 Å². The lowest BCUT2D eigenvalue weighted by Gasteiger charge is -2.09. The number of carbonyl (C=O) groups excluding carboxylic acids is 1. The van der Waals surface area contributed by atoms with E-state index in [1.54, 1.807) is 10.6 Å². The van der Waals surface area contributed by atoms with Crippen molar-refractivity contribution >= 4 is 5.91 Å². The predicted molar refractivity (Wildman–Crippen MR) is 86.0 cm³/mol. The van der Waals surface area contributed by atoms with Gasteiger partial charge in [-0.25, -0.2) is 0 Å². The molecule has 0 atom stereocenters. The molecule has 2 aromatic heterocycles. The molecule has 2 aromatic rings. The second kappa shape index (κ2) is 7.71. The maximum absolute atomic E-state index is 12.5. The van der Waals surface area contributed by atoms with Gasteiger partial charge in [0.05, 0.1) is 5.56 Å². The average molecular weight is 318 g/mol. The summed E-state index contributed by atoms with van der Waals surface area (Å²) in [6.45, 7) is 7.03. The Morgan fingerprint density at radius 1 is 1.35 bits per heavy atom. The molecule has 0 bridgehead atoms. The molecule has 0 saturated carbocycles. The van der Waals surface area contributed by atoms with Gasteiger partial charge in [0.15, 0.2) is 0 Å². The molecule has 7 nitrogen and oxygen atoms in total. The van der Waals surface area contributed by atoms with E-state index in [1.807, 2.05) is 26.8 Å². The molecule has 0 aromatic carbocycles. The molecule has 7 heteroatoms. The summed E-state index contributed by atoms with van der Waals surface area (Å²) < 4.78 is 6.85. The zero-order chi connectivity index (χ0) is 16.8. The standard InChI is InChI=1S/C16H22N4O3/c1-4-10-20-11(3)6-7-12(16(20)22)15-18-14(23-19-15)9-8-13(21)17-5-2/h6-7H,4-5,8-10H2,1-3H3,(H,17,21). The van der Waals surface area contributed by atoms with Gasteiger partial charge in [-0.2, -0.15) is 4.98 Å². The number of amides is 1. The van der Waals surface area contributed by atoms with E-state index in [9.17, 15) is 9.59 Å². The highest BCUT2D eigenvalue weighted by Gasteiger charge is 2.15. The molecule has 2 rings (SSSR count). The average Bonchev–Trinajstić information content (AvgIpc) is 2.98. The highest BCUT2D eigenvalue weighted by Crippen LogP contribution is 2.13. The molecule has 1 N–H and O–H groups in total. The number of rotatable bonds is 7. The first-order valence-corrected chi connectivity index (χ1v) is 7.86. The number of carbonyl (C=O) groups is 1.